The Bertz CT molecular complexity index is 750. The predicted molar refractivity (Wildman–Crippen MR) is 77.7 cm³/mol. The molecule has 2 aromatic carbocycles. The molecule has 0 bridgehead atoms. The molecule has 0 N–H and O–H groups in total. The van der Waals surface area contributed by atoms with Crippen LogP contribution in [-0.4, -0.2) is 23.3 Å². The van der Waals surface area contributed by atoms with E-state index in [9.17, 15) is 4.79 Å². The van der Waals surface area contributed by atoms with Gasteiger partial charge < -0.3 is 13.9 Å². The van der Waals surface area contributed by atoms with Crippen LogP contribution < -0.4 is 9.47 Å². The Labute approximate surface area is 126 Å². The normalized spacial score (nSPS) is 10.2. The van der Waals surface area contributed by atoms with Crippen LogP contribution in [0.5, 0.6) is 11.5 Å². The third-order valence-electron chi connectivity index (χ3n) is 3.00. The Morgan fingerprint density at radius 1 is 1.00 bits per heavy atom. The van der Waals surface area contributed by atoms with Crippen molar-refractivity contribution in [3.8, 4) is 23.0 Å². The number of carbonyl (C=O) groups is 1. The first kappa shape index (κ1) is 13.8. The zero-order chi connectivity index (χ0) is 15.4. The summed E-state index contributed by atoms with van der Waals surface area (Å²) in [6, 6.07) is 13.5. The molecule has 0 unspecified atom stereocenters. The highest BCUT2D eigenvalue weighted by molar-refractivity contribution is 5.91. The summed E-state index contributed by atoms with van der Waals surface area (Å²) in [4.78, 5) is 12.0. The Balaban J connectivity index is 1.71. The maximum Gasteiger partial charge on any atom is 0.343 e. The van der Waals surface area contributed by atoms with Crippen LogP contribution in [0.2, 0.25) is 0 Å². The van der Waals surface area contributed by atoms with Crippen LogP contribution in [0, 0.1) is 0 Å². The first-order valence-corrected chi connectivity index (χ1v) is 6.49. The van der Waals surface area contributed by atoms with Gasteiger partial charge >= 0.3 is 5.97 Å². The average molecular weight is 296 g/mol. The number of hydrogen-bond donors (Lipinski definition) is 0. The van der Waals surface area contributed by atoms with Gasteiger partial charge in [0, 0.05) is 5.56 Å². The molecule has 0 fully saturated rings. The smallest absolute Gasteiger partial charge is 0.343 e. The van der Waals surface area contributed by atoms with Gasteiger partial charge in [0.2, 0.25) is 12.3 Å². The SMILES string of the molecule is COc1ccc(C(=O)Oc2ccc(-c3nnco3)cc2)cc1. The van der Waals surface area contributed by atoms with E-state index in [2.05, 4.69) is 10.2 Å². The molecule has 1 aromatic heterocycles. The van der Waals surface area contributed by atoms with Crippen molar-refractivity contribution in [1.82, 2.24) is 10.2 Å². The summed E-state index contributed by atoms with van der Waals surface area (Å²) in [6.45, 7) is 0. The van der Waals surface area contributed by atoms with Gasteiger partial charge in [0.15, 0.2) is 0 Å². The average Bonchev–Trinajstić information content (AvgIpc) is 3.10. The molecule has 0 aliphatic carbocycles. The summed E-state index contributed by atoms with van der Waals surface area (Å²) in [6.07, 6.45) is 1.26. The van der Waals surface area contributed by atoms with Crippen molar-refractivity contribution in [2.24, 2.45) is 0 Å². The van der Waals surface area contributed by atoms with Gasteiger partial charge in [-0.2, -0.15) is 0 Å². The van der Waals surface area contributed by atoms with Crippen LogP contribution in [-0.2, 0) is 0 Å². The summed E-state index contributed by atoms with van der Waals surface area (Å²) < 4.78 is 15.4. The molecule has 22 heavy (non-hydrogen) atoms. The molecule has 0 aliphatic rings. The number of methoxy groups -OCH3 is 1. The molecule has 0 spiro atoms. The van der Waals surface area contributed by atoms with Gasteiger partial charge in [-0.15, -0.1) is 10.2 Å². The molecular formula is C16H12N2O4. The van der Waals surface area contributed by atoms with Crippen LogP contribution >= 0.6 is 0 Å². The minimum atomic E-state index is -0.437. The number of nitrogens with zero attached hydrogens (tertiary/aromatic N) is 2. The van der Waals surface area contributed by atoms with Crippen molar-refractivity contribution < 1.29 is 18.7 Å². The van der Waals surface area contributed by atoms with Crippen molar-refractivity contribution >= 4 is 5.97 Å². The van der Waals surface area contributed by atoms with Crippen LogP contribution in [0.3, 0.4) is 0 Å². The van der Waals surface area contributed by atoms with E-state index in [-0.39, 0.29) is 0 Å². The number of aromatic nitrogens is 2. The van der Waals surface area contributed by atoms with Gasteiger partial charge in [0.1, 0.15) is 11.5 Å². The predicted octanol–water partition coefficient (Wildman–Crippen LogP) is 2.96. The van der Waals surface area contributed by atoms with Gasteiger partial charge in [-0.1, -0.05) is 0 Å². The molecule has 0 saturated heterocycles. The maximum atomic E-state index is 12.0. The van der Waals surface area contributed by atoms with Gasteiger partial charge in [0.25, 0.3) is 0 Å². The highest BCUT2D eigenvalue weighted by Crippen LogP contribution is 2.21. The number of ether oxygens (including phenoxy) is 2. The molecule has 0 atom stereocenters. The zero-order valence-electron chi connectivity index (χ0n) is 11.7. The van der Waals surface area contributed by atoms with Crippen molar-refractivity contribution in [2.45, 2.75) is 0 Å². The van der Waals surface area contributed by atoms with Gasteiger partial charge in [-0.05, 0) is 48.5 Å². The number of benzene rings is 2. The lowest BCUT2D eigenvalue weighted by Gasteiger charge is -2.05. The fraction of sp³-hybridized carbons (Fsp3) is 0.0625. The lowest BCUT2D eigenvalue weighted by atomic mass is 10.2. The number of carbonyl (C=O) groups excluding carboxylic acids is 1. The zero-order valence-corrected chi connectivity index (χ0v) is 11.7. The third-order valence-corrected chi connectivity index (χ3v) is 3.00. The van der Waals surface area contributed by atoms with E-state index in [0.717, 1.165) is 5.56 Å². The van der Waals surface area contributed by atoms with Crippen molar-refractivity contribution in [3.05, 3.63) is 60.5 Å². The first-order valence-electron chi connectivity index (χ1n) is 6.49. The molecule has 0 radical (unpaired) electrons. The van der Waals surface area contributed by atoms with Gasteiger partial charge in [-0.25, -0.2) is 4.79 Å². The van der Waals surface area contributed by atoms with E-state index in [1.165, 1.54) is 6.39 Å². The van der Waals surface area contributed by atoms with Crippen molar-refractivity contribution in [2.75, 3.05) is 7.11 Å². The van der Waals surface area contributed by atoms with E-state index in [0.29, 0.717) is 23.0 Å². The molecule has 6 nitrogen and oxygen atoms in total. The van der Waals surface area contributed by atoms with Crippen LogP contribution in [0.4, 0.5) is 0 Å². The Kier molecular flexibility index (Phi) is 3.82. The van der Waals surface area contributed by atoms with Crippen LogP contribution in [0.1, 0.15) is 10.4 Å². The number of esters is 1. The second-order valence-electron chi connectivity index (χ2n) is 4.39. The van der Waals surface area contributed by atoms with Crippen molar-refractivity contribution in [3.63, 3.8) is 0 Å². The third kappa shape index (κ3) is 2.95. The summed E-state index contributed by atoms with van der Waals surface area (Å²) >= 11 is 0. The summed E-state index contributed by atoms with van der Waals surface area (Å²) in [5.74, 6) is 1.09. The van der Waals surface area contributed by atoms with E-state index >= 15 is 0 Å². The molecule has 1 heterocycles. The summed E-state index contributed by atoms with van der Waals surface area (Å²) in [5, 5.41) is 7.42. The second kappa shape index (κ2) is 6.09. The molecule has 3 rings (SSSR count). The number of hydrogen-bond acceptors (Lipinski definition) is 6. The van der Waals surface area contributed by atoms with Crippen LogP contribution in [0.25, 0.3) is 11.5 Å². The molecule has 6 heteroatoms. The highest BCUT2D eigenvalue weighted by atomic mass is 16.5. The minimum absolute atomic E-state index is 0.410. The molecule has 3 aromatic rings. The monoisotopic (exact) mass is 296 g/mol. The van der Waals surface area contributed by atoms with E-state index in [1.807, 2.05) is 0 Å². The van der Waals surface area contributed by atoms with Gasteiger partial charge in [0.05, 0.1) is 12.7 Å². The van der Waals surface area contributed by atoms with E-state index in [1.54, 1.807) is 55.6 Å². The first-order chi connectivity index (χ1) is 10.8. The Morgan fingerprint density at radius 3 is 2.27 bits per heavy atom. The number of rotatable bonds is 4. The summed E-state index contributed by atoms with van der Waals surface area (Å²) in [7, 11) is 1.57. The molecular weight excluding hydrogens is 284 g/mol. The van der Waals surface area contributed by atoms with Gasteiger partial charge in [-0.3, -0.25) is 0 Å². The Morgan fingerprint density at radius 2 is 1.68 bits per heavy atom. The fourth-order valence-electron chi connectivity index (χ4n) is 1.86. The van der Waals surface area contributed by atoms with E-state index < -0.39 is 5.97 Å². The maximum absolute atomic E-state index is 12.0. The fourth-order valence-corrected chi connectivity index (χ4v) is 1.86. The largest absolute Gasteiger partial charge is 0.497 e. The van der Waals surface area contributed by atoms with E-state index in [4.69, 9.17) is 13.9 Å². The quantitative estimate of drug-likeness (QED) is 0.544. The lowest BCUT2D eigenvalue weighted by Crippen LogP contribution is -2.08. The highest BCUT2D eigenvalue weighted by Gasteiger charge is 2.09. The molecule has 0 saturated carbocycles. The molecule has 0 aliphatic heterocycles. The van der Waals surface area contributed by atoms with Crippen molar-refractivity contribution in [1.29, 1.82) is 0 Å². The van der Waals surface area contributed by atoms with Crippen LogP contribution in [0.15, 0.2) is 59.3 Å². The second-order valence-corrected chi connectivity index (χ2v) is 4.39. The minimum Gasteiger partial charge on any atom is -0.497 e. The molecule has 110 valence electrons. The standard InChI is InChI=1S/C16H12N2O4/c1-20-13-6-4-12(5-7-13)16(19)22-14-8-2-11(3-9-14)15-18-17-10-21-15/h2-10H,1H3. The lowest BCUT2D eigenvalue weighted by molar-refractivity contribution is 0.0735. The molecule has 0 amide bonds. The Hall–Kier alpha value is -3.15. The topological polar surface area (TPSA) is 74.5 Å². The summed E-state index contributed by atoms with van der Waals surface area (Å²) in [5.41, 5.74) is 1.20.